The first-order chi connectivity index (χ1) is 13.6. The summed E-state index contributed by atoms with van der Waals surface area (Å²) in [6, 6.07) is 7.32. The van der Waals surface area contributed by atoms with Crippen molar-refractivity contribution in [2.45, 2.75) is 44.7 Å². The Morgan fingerprint density at radius 3 is 2.71 bits per heavy atom. The van der Waals surface area contributed by atoms with Gasteiger partial charge in [-0.25, -0.2) is 0 Å². The number of amides is 2. The largest absolute Gasteiger partial charge is 0.444 e. The summed E-state index contributed by atoms with van der Waals surface area (Å²) in [6.45, 7) is 1.77. The maximum absolute atomic E-state index is 13.2. The summed E-state index contributed by atoms with van der Waals surface area (Å²) in [5.41, 5.74) is 1.02. The fourth-order valence-electron chi connectivity index (χ4n) is 3.94. The summed E-state index contributed by atoms with van der Waals surface area (Å²) in [5.74, 6) is 0.559. The van der Waals surface area contributed by atoms with Crippen LogP contribution in [0.2, 0.25) is 0 Å². The maximum atomic E-state index is 13.2. The number of hydrogen-bond donors (Lipinski definition) is 0. The highest BCUT2D eigenvalue weighted by Gasteiger charge is 2.36. The Labute approximate surface area is 173 Å². The zero-order valence-corrected chi connectivity index (χ0v) is 17.3. The number of carbonyl (C=O) groups excluding carboxylic acids is 2. The molecule has 148 valence electrons. The van der Waals surface area contributed by atoms with E-state index in [-0.39, 0.29) is 23.8 Å². The first-order valence-electron chi connectivity index (χ1n) is 9.86. The fraction of sp³-hybridized carbons (Fsp3) is 0.476. The number of furan rings is 1. The van der Waals surface area contributed by atoms with Crippen molar-refractivity contribution >= 4 is 27.7 Å². The lowest BCUT2D eigenvalue weighted by atomic mass is 9.83. The average molecular weight is 446 g/mol. The van der Waals surface area contributed by atoms with E-state index in [0.29, 0.717) is 30.1 Å². The van der Waals surface area contributed by atoms with Crippen molar-refractivity contribution in [1.29, 1.82) is 0 Å². The zero-order chi connectivity index (χ0) is 19.5. The van der Waals surface area contributed by atoms with Crippen LogP contribution in [0, 0.1) is 5.92 Å². The fourth-order valence-corrected chi connectivity index (χ4v) is 4.25. The summed E-state index contributed by atoms with van der Waals surface area (Å²) in [5, 5.41) is 0. The van der Waals surface area contributed by atoms with Crippen LogP contribution >= 0.6 is 15.9 Å². The van der Waals surface area contributed by atoms with Gasteiger partial charge in [-0.2, -0.15) is 0 Å². The molecule has 0 N–H and O–H groups in total. The monoisotopic (exact) mass is 445 g/mol. The molecule has 1 saturated carbocycles. The van der Waals surface area contributed by atoms with Crippen molar-refractivity contribution in [1.82, 2.24) is 14.8 Å². The molecular formula is C21H24BrN3O3. The maximum Gasteiger partial charge on any atom is 0.289 e. The van der Waals surface area contributed by atoms with Gasteiger partial charge in [-0.3, -0.25) is 14.6 Å². The minimum atomic E-state index is -0.118. The van der Waals surface area contributed by atoms with Crippen molar-refractivity contribution in [3.8, 4) is 0 Å². The number of pyridine rings is 1. The minimum Gasteiger partial charge on any atom is -0.444 e. The number of carbonyl (C=O) groups is 2. The Morgan fingerprint density at radius 2 is 2.07 bits per heavy atom. The van der Waals surface area contributed by atoms with Crippen molar-refractivity contribution in [3.63, 3.8) is 0 Å². The van der Waals surface area contributed by atoms with Gasteiger partial charge in [0.15, 0.2) is 10.4 Å². The van der Waals surface area contributed by atoms with Crippen molar-refractivity contribution < 1.29 is 14.0 Å². The highest BCUT2D eigenvalue weighted by Crippen LogP contribution is 2.31. The molecule has 1 atom stereocenters. The number of rotatable bonds is 5. The lowest BCUT2D eigenvalue weighted by Gasteiger charge is -2.41. The van der Waals surface area contributed by atoms with E-state index in [4.69, 9.17) is 4.42 Å². The minimum absolute atomic E-state index is 0.0180. The van der Waals surface area contributed by atoms with Gasteiger partial charge >= 0.3 is 0 Å². The second-order valence-electron chi connectivity index (χ2n) is 7.61. The molecule has 2 aromatic rings. The zero-order valence-electron chi connectivity index (χ0n) is 15.7. The molecule has 3 heterocycles. The molecule has 1 unspecified atom stereocenters. The normalized spacial score (nSPS) is 19.9. The van der Waals surface area contributed by atoms with Gasteiger partial charge < -0.3 is 14.2 Å². The molecule has 0 spiro atoms. The summed E-state index contributed by atoms with van der Waals surface area (Å²) in [6.07, 6.45) is 8.40. The van der Waals surface area contributed by atoms with E-state index in [2.05, 4.69) is 20.9 Å². The lowest BCUT2D eigenvalue weighted by molar-refractivity contribution is -0.142. The predicted octanol–water partition coefficient (Wildman–Crippen LogP) is 3.87. The van der Waals surface area contributed by atoms with Gasteiger partial charge in [0.1, 0.15) is 0 Å². The van der Waals surface area contributed by atoms with Crippen LogP contribution in [0.15, 0.2) is 45.7 Å². The molecule has 1 aliphatic carbocycles. The van der Waals surface area contributed by atoms with E-state index in [1.54, 1.807) is 18.3 Å². The van der Waals surface area contributed by atoms with Crippen LogP contribution in [0.25, 0.3) is 0 Å². The van der Waals surface area contributed by atoms with Crippen LogP contribution in [0.1, 0.15) is 48.2 Å². The van der Waals surface area contributed by atoms with Crippen LogP contribution < -0.4 is 0 Å². The number of aromatic nitrogens is 1. The van der Waals surface area contributed by atoms with Gasteiger partial charge in [0.05, 0.1) is 0 Å². The standard InChI is InChI=1S/C21H24BrN3O3/c22-19-9-8-18(28-19)21(27)24-11-3-7-17(14-24)25(20(26)16-5-1-6-16)13-15-4-2-10-23-12-15/h2,4,8-10,12,16-17H,1,3,5-7,11,13-14H2. The molecule has 7 heteroatoms. The third kappa shape index (κ3) is 4.14. The Bertz CT molecular complexity index is 834. The van der Waals surface area contributed by atoms with Gasteiger partial charge in [-0.1, -0.05) is 12.5 Å². The molecule has 0 aromatic carbocycles. The van der Waals surface area contributed by atoms with Crippen LogP contribution in [0.3, 0.4) is 0 Å². The van der Waals surface area contributed by atoms with E-state index >= 15 is 0 Å². The van der Waals surface area contributed by atoms with Crippen LogP contribution in [-0.2, 0) is 11.3 Å². The van der Waals surface area contributed by atoms with Gasteiger partial charge in [0.25, 0.3) is 5.91 Å². The smallest absolute Gasteiger partial charge is 0.289 e. The average Bonchev–Trinajstić information content (AvgIpc) is 3.11. The topological polar surface area (TPSA) is 66.7 Å². The Balaban J connectivity index is 1.51. The number of likely N-dealkylation sites (tertiary alicyclic amines) is 1. The molecule has 2 aromatic heterocycles. The van der Waals surface area contributed by atoms with E-state index in [1.807, 2.05) is 28.1 Å². The number of piperidine rings is 1. The quantitative estimate of drug-likeness (QED) is 0.700. The van der Waals surface area contributed by atoms with Crippen LogP contribution in [0.5, 0.6) is 0 Å². The van der Waals surface area contributed by atoms with Gasteiger partial charge in [0.2, 0.25) is 5.91 Å². The molecule has 0 bridgehead atoms. The Kier molecular flexibility index (Phi) is 5.80. The lowest BCUT2D eigenvalue weighted by Crippen LogP contribution is -2.53. The third-order valence-electron chi connectivity index (χ3n) is 5.72. The summed E-state index contributed by atoms with van der Waals surface area (Å²) in [4.78, 5) is 33.9. The molecular weight excluding hydrogens is 422 g/mol. The summed E-state index contributed by atoms with van der Waals surface area (Å²) >= 11 is 3.25. The van der Waals surface area contributed by atoms with Crippen LogP contribution in [0.4, 0.5) is 0 Å². The molecule has 28 heavy (non-hydrogen) atoms. The van der Waals surface area contributed by atoms with Crippen LogP contribution in [-0.4, -0.2) is 45.7 Å². The number of halogens is 1. The first-order valence-corrected chi connectivity index (χ1v) is 10.6. The summed E-state index contributed by atoms with van der Waals surface area (Å²) < 4.78 is 5.98. The van der Waals surface area contributed by atoms with Crippen molar-refractivity contribution in [2.24, 2.45) is 5.92 Å². The molecule has 1 saturated heterocycles. The molecule has 2 fully saturated rings. The van der Waals surface area contributed by atoms with E-state index in [1.165, 1.54) is 0 Å². The summed E-state index contributed by atoms with van der Waals surface area (Å²) in [7, 11) is 0. The number of hydrogen-bond acceptors (Lipinski definition) is 4. The molecule has 0 radical (unpaired) electrons. The highest BCUT2D eigenvalue weighted by atomic mass is 79.9. The van der Waals surface area contributed by atoms with E-state index in [9.17, 15) is 9.59 Å². The number of nitrogens with zero attached hydrogens (tertiary/aromatic N) is 3. The van der Waals surface area contributed by atoms with Crippen molar-refractivity contribution in [2.75, 3.05) is 13.1 Å². The Morgan fingerprint density at radius 1 is 1.21 bits per heavy atom. The van der Waals surface area contributed by atoms with Crippen molar-refractivity contribution in [3.05, 3.63) is 52.7 Å². The molecule has 2 amide bonds. The van der Waals surface area contributed by atoms with E-state index < -0.39 is 0 Å². The van der Waals surface area contributed by atoms with E-state index in [0.717, 1.165) is 37.7 Å². The SMILES string of the molecule is O=C(c1ccc(Br)o1)N1CCCC(N(Cc2cccnc2)C(=O)C2CCC2)C1. The Hall–Kier alpha value is -2.15. The molecule has 1 aliphatic heterocycles. The van der Waals surface area contributed by atoms with Gasteiger partial charge in [0, 0.05) is 44.0 Å². The molecule has 4 rings (SSSR count). The molecule has 6 nitrogen and oxygen atoms in total. The van der Waals surface area contributed by atoms with Gasteiger partial charge in [-0.05, 0) is 65.4 Å². The first kappa shape index (κ1) is 19.2. The second-order valence-corrected chi connectivity index (χ2v) is 8.39. The molecule has 2 aliphatic rings. The predicted molar refractivity (Wildman–Crippen MR) is 107 cm³/mol. The highest BCUT2D eigenvalue weighted by molar-refractivity contribution is 9.10. The third-order valence-corrected chi connectivity index (χ3v) is 6.15. The van der Waals surface area contributed by atoms with Gasteiger partial charge in [-0.15, -0.1) is 0 Å². The second kappa shape index (κ2) is 8.47.